The summed E-state index contributed by atoms with van der Waals surface area (Å²) in [5.41, 5.74) is 0. The van der Waals surface area contributed by atoms with Crippen LogP contribution in [0.3, 0.4) is 0 Å². The lowest BCUT2D eigenvalue weighted by atomic mass is 9.95. The molecule has 1 aromatic rings. The monoisotopic (exact) mass is 298 g/mol. The maximum atomic E-state index is 7.87. The van der Waals surface area contributed by atoms with Crippen LogP contribution in [0.1, 0.15) is 0 Å². The first-order valence-corrected chi connectivity index (χ1v) is 6.10. The average Bonchev–Trinajstić information content (AvgIpc) is 2.19. The fourth-order valence-electron chi connectivity index (χ4n) is 1.61. The Balaban J connectivity index is 0.000000165. The number of halogens is 1. The quantitative estimate of drug-likeness (QED) is 0.541. The second kappa shape index (κ2) is 4.28. The summed E-state index contributed by atoms with van der Waals surface area (Å²) in [6, 6.07) is 12.9. The van der Waals surface area contributed by atoms with Gasteiger partial charge in [0, 0.05) is 4.43 Å². The summed E-state index contributed by atoms with van der Waals surface area (Å²) in [5, 5.41) is 13.6. The van der Waals surface area contributed by atoms with Crippen LogP contribution in [0.5, 0.6) is 0 Å². The van der Waals surface area contributed by atoms with Crippen LogP contribution in [0.15, 0.2) is 36.4 Å². The number of alkyl halides is 1. The molecule has 0 heterocycles. The number of aliphatic hydroxyl groups excluding tert-OH is 1. The molecular weight excluding hydrogens is 287 g/mol. The van der Waals surface area contributed by atoms with Crippen LogP contribution in [0.25, 0.3) is 10.8 Å². The summed E-state index contributed by atoms with van der Waals surface area (Å²) in [7, 11) is 0. The fraction of sp³-hybridized carbons (Fsp3) is 0.167. The highest BCUT2D eigenvalue weighted by Gasteiger charge is 2.05. The lowest BCUT2D eigenvalue weighted by Crippen LogP contribution is -1.89. The Hall–Kier alpha value is -0.610. The van der Waals surface area contributed by atoms with E-state index in [9.17, 15) is 0 Å². The van der Waals surface area contributed by atoms with E-state index in [1.54, 1.807) is 0 Å². The molecule has 0 aliphatic heterocycles. The molecule has 0 bridgehead atoms. The van der Waals surface area contributed by atoms with Gasteiger partial charge < -0.3 is 5.11 Å². The molecule has 0 spiro atoms. The summed E-state index contributed by atoms with van der Waals surface area (Å²) in [6.07, 6.45) is 0. The summed E-state index contributed by atoms with van der Waals surface area (Å²) >= 11 is 2.10. The summed E-state index contributed by atoms with van der Waals surface area (Å²) in [5.74, 6) is 0. The van der Waals surface area contributed by atoms with E-state index in [4.69, 9.17) is 5.11 Å². The van der Waals surface area contributed by atoms with Gasteiger partial charge in [0.15, 0.2) is 0 Å². The first-order valence-electron chi connectivity index (χ1n) is 4.57. The lowest BCUT2D eigenvalue weighted by molar-refractivity contribution is 0.325. The van der Waals surface area contributed by atoms with Gasteiger partial charge in [-0.3, -0.25) is 0 Å². The SMILES string of the molecule is OCCI.c1ccc2c3ccc=3c2c1. The summed E-state index contributed by atoms with van der Waals surface area (Å²) < 4.78 is 0.845. The van der Waals surface area contributed by atoms with Crippen molar-refractivity contribution in [3.8, 4) is 0 Å². The lowest BCUT2D eigenvalue weighted by Gasteiger charge is -2.09. The molecule has 0 aromatic heterocycles. The van der Waals surface area contributed by atoms with E-state index >= 15 is 0 Å². The van der Waals surface area contributed by atoms with Gasteiger partial charge in [-0.05, 0) is 21.2 Å². The molecule has 0 radical (unpaired) electrons. The first-order chi connectivity index (χ1) is 6.88. The van der Waals surface area contributed by atoms with Crippen LogP contribution in [0.4, 0.5) is 0 Å². The van der Waals surface area contributed by atoms with E-state index in [1.165, 1.54) is 21.2 Å². The standard InChI is InChI=1S/C10H6.C2H5IO/c1-2-4-8-7(3-1)9-5-6-10(8)9;3-1-2-4/h1-6H;4H,1-2H2. The molecule has 1 aromatic carbocycles. The van der Waals surface area contributed by atoms with Crippen molar-refractivity contribution in [1.82, 2.24) is 0 Å². The van der Waals surface area contributed by atoms with Crippen molar-refractivity contribution >= 4 is 33.4 Å². The highest BCUT2D eigenvalue weighted by atomic mass is 127. The van der Waals surface area contributed by atoms with Crippen LogP contribution in [-0.4, -0.2) is 16.1 Å². The minimum Gasteiger partial charge on any atom is -0.396 e. The Morgan fingerprint density at radius 3 is 1.64 bits per heavy atom. The molecule has 1 N–H and O–H groups in total. The zero-order chi connectivity index (χ0) is 9.97. The van der Waals surface area contributed by atoms with Crippen molar-refractivity contribution in [1.29, 1.82) is 0 Å². The molecule has 0 saturated carbocycles. The number of rotatable bonds is 1. The van der Waals surface area contributed by atoms with Gasteiger partial charge in [-0.2, -0.15) is 0 Å². The second-order valence-electron chi connectivity index (χ2n) is 3.12. The molecule has 0 fully saturated rings. The smallest absolute Gasteiger partial charge is 0.0520 e. The van der Waals surface area contributed by atoms with Gasteiger partial charge in [-0.25, -0.2) is 0 Å². The Kier molecular flexibility index (Phi) is 3.03. The summed E-state index contributed by atoms with van der Waals surface area (Å²) in [6.45, 7) is 0.306. The molecule has 2 aliphatic rings. The molecule has 0 unspecified atom stereocenters. The molecule has 0 saturated heterocycles. The van der Waals surface area contributed by atoms with Crippen molar-refractivity contribution in [3.05, 3.63) is 46.8 Å². The van der Waals surface area contributed by atoms with Crippen molar-refractivity contribution in [2.75, 3.05) is 11.0 Å². The Labute approximate surface area is 96.2 Å². The topological polar surface area (TPSA) is 20.2 Å². The molecule has 0 atom stereocenters. The first kappa shape index (κ1) is 9.93. The second-order valence-corrected chi connectivity index (χ2v) is 4.20. The van der Waals surface area contributed by atoms with E-state index in [0.717, 1.165) is 4.43 Å². The minimum absolute atomic E-state index is 0.306. The van der Waals surface area contributed by atoms with E-state index in [1.807, 2.05) is 0 Å². The maximum absolute atomic E-state index is 7.87. The number of hydrogen-bond donors (Lipinski definition) is 1. The predicted octanol–water partition coefficient (Wildman–Crippen LogP) is 2.85. The van der Waals surface area contributed by atoms with Gasteiger partial charge in [0.25, 0.3) is 0 Å². The third kappa shape index (κ3) is 1.53. The maximum Gasteiger partial charge on any atom is 0.0520 e. The molecular formula is C12H11IO. The molecule has 72 valence electrons. The molecule has 14 heavy (non-hydrogen) atoms. The van der Waals surface area contributed by atoms with Gasteiger partial charge >= 0.3 is 0 Å². The average molecular weight is 298 g/mol. The molecule has 1 nitrogen and oxygen atoms in total. The van der Waals surface area contributed by atoms with Crippen molar-refractivity contribution in [2.45, 2.75) is 0 Å². The predicted molar refractivity (Wildman–Crippen MR) is 67.6 cm³/mol. The van der Waals surface area contributed by atoms with Gasteiger partial charge in [-0.1, -0.05) is 59.0 Å². The van der Waals surface area contributed by atoms with E-state index in [2.05, 4.69) is 59.0 Å². The number of fused-ring (bicyclic) bond motifs is 3. The van der Waals surface area contributed by atoms with Gasteiger partial charge in [0.1, 0.15) is 0 Å². The molecule has 2 heteroatoms. The minimum atomic E-state index is 0.306. The van der Waals surface area contributed by atoms with Crippen LogP contribution in [0, 0.1) is 10.4 Å². The zero-order valence-electron chi connectivity index (χ0n) is 7.70. The van der Waals surface area contributed by atoms with Gasteiger partial charge in [0.2, 0.25) is 0 Å². The Morgan fingerprint density at radius 1 is 0.929 bits per heavy atom. The molecule has 0 amide bonds. The van der Waals surface area contributed by atoms with Crippen LogP contribution in [0.2, 0.25) is 0 Å². The Morgan fingerprint density at radius 2 is 1.36 bits per heavy atom. The van der Waals surface area contributed by atoms with E-state index < -0.39 is 0 Å². The van der Waals surface area contributed by atoms with Crippen molar-refractivity contribution in [3.63, 3.8) is 0 Å². The van der Waals surface area contributed by atoms with Gasteiger partial charge in [-0.15, -0.1) is 0 Å². The third-order valence-electron chi connectivity index (χ3n) is 2.30. The van der Waals surface area contributed by atoms with Gasteiger partial charge in [0.05, 0.1) is 6.61 Å². The number of benzene rings is 2. The van der Waals surface area contributed by atoms with Crippen LogP contribution >= 0.6 is 22.6 Å². The highest BCUT2D eigenvalue weighted by molar-refractivity contribution is 14.1. The highest BCUT2D eigenvalue weighted by Crippen LogP contribution is 2.25. The van der Waals surface area contributed by atoms with E-state index in [-0.39, 0.29) is 0 Å². The molecule has 2 aliphatic carbocycles. The summed E-state index contributed by atoms with van der Waals surface area (Å²) in [4.78, 5) is 0. The van der Waals surface area contributed by atoms with E-state index in [0.29, 0.717) is 6.61 Å². The largest absolute Gasteiger partial charge is 0.396 e. The zero-order valence-corrected chi connectivity index (χ0v) is 9.86. The van der Waals surface area contributed by atoms with Crippen LogP contribution < -0.4 is 0 Å². The molecule has 3 rings (SSSR count). The normalized spacial score (nSPS) is 10.7. The Bertz CT molecular complexity index is 485. The fourth-order valence-corrected chi connectivity index (χ4v) is 1.61. The third-order valence-corrected chi connectivity index (χ3v) is 2.78. The van der Waals surface area contributed by atoms with Crippen LogP contribution in [-0.2, 0) is 0 Å². The number of aliphatic hydroxyl groups is 1. The van der Waals surface area contributed by atoms with Crippen molar-refractivity contribution < 1.29 is 5.11 Å². The van der Waals surface area contributed by atoms with Crippen molar-refractivity contribution in [2.24, 2.45) is 0 Å². The number of hydrogen-bond acceptors (Lipinski definition) is 1.